The third-order valence-electron chi connectivity index (χ3n) is 5.07. The van der Waals surface area contributed by atoms with Crippen LogP contribution in [0.4, 0.5) is 10.1 Å². The van der Waals surface area contributed by atoms with Crippen LogP contribution >= 0.6 is 0 Å². The molecule has 3 aromatic rings. The first-order valence-corrected chi connectivity index (χ1v) is 9.72. The highest BCUT2D eigenvalue weighted by molar-refractivity contribution is 6.08. The number of halogens is 1. The lowest BCUT2D eigenvalue weighted by atomic mass is 9.84. The van der Waals surface area contributed by atoms with Crippen molar-refractivity contribution >= 4 is 23.6 Å². The molecule has 0 spiro atoms. The van der Waals surface area contributed by atoms with E-state index in [1.54, 1.807) is 37.4 Å². The second kappa shape index (κ2) is 8.18. The Hall–Kier alpha value is -3.74. The van der Waals surface area contributed by atoms with Gasteiger partial charge in [-0.15, -0.1) is 0 Å². The van der Waals surface area contributed by atoms with Crippen LogP contribution in [-0.2, 0) is 5.41 Å². The lowest BCUT2D eigenvalue weighted by molar-refractivity contribution is 0.0984. The number of anilines is 1. The topological polar surface area (TPSA) is 81.2 Å². The minimum atomic E-state index is -0.589. The Morgan fingerprint density at radius 2 is 1.94 bits per heavy atom. The van der Waals surface area contributed by atoms with Gasteiger partial charge in [0.1, 0.15) is 5.82 Å². The zero-order valence-electron chi connectivity index (χ0n) is 18.0. The summed E-state index contributed by atoms with van der Waals surface area (Å²) in [5.41, 5.74) is 7.62. The number of nitrogens with zero attached hydrogens (tertiary/aromatic N) is 3. The first-order valence-electron chi connectivity index (χ1n) is 9.72. The highest BCUT2D eigenvalue weighted by atomic mass is 19.1. The number of primary amides is 1. The van der Waals surface area contributed by atoms with Crippen LogP contribution in [0.2, 0.25) is 0 Å². The predicted octanol–water partition coefficient (Wildman–Crippen LogP) is 4.33. The van der Waals surface area contributed by atoms with Crippen LogP contribution in [0.5, 0.6) is 0 Å². The molecule has 0 aliphatic rings. The summed E-state index contributed by atoms with van der Waals surface area (Å²) in [5, 5.41) is 4.12. The van der Waals surface area contributed by atoms with E-state index >= 15 is 4.39 Å². The van der Waals surface area contributed by atoms with Gasteiger partial charge >= 0.3 is 0 Å². The summed E-state index contributed by atoms with van der Waals surface area (Å²) in [6.45, 7) is 9.69. The summed E-state index contributed by atoms with van der Waals surface area (Å²) in [6, 6.07) is 10.2. The van der Waals surface area contributed by atoms with Crippen LogP contribution in [0.25, 0.3) is 11.8 Å². The number of hydrogen-bond acceptors (Lipinski definition) is 3. The molecule has 31 heavy (non-hydrogen) atoms. The minimum absolute atomic E-state index is 0.0361. The van der Waals surface area contributed by atoms with Crippen LogP contribution in [-0.4, -0.2) is 28.6 Å². The van der Waals surface area contributed by atoms with E-state index in [-0.39, 0.29) is 16.5 Å². The van der Waals surface area contributed by atoms with E-state index in [0.717, 1.165) is 5.56 Å². The quantitative estimate of drug-likeness (QED) is 0.667. The van der Waals surface area contributed by atoms with Crippen LogP contribution in [0.15, 0.2) is 55.4 Å². The van der Waals surface area contributed by atoms with Crippen LogP contribution in [0, 0.1) is 5.82 Å². The molecule has 2 N–H and O–H groups in total. The lowest BCUT2D eigenvalue weighted by Gasteiger charge is -2.23. The average molecular weight is 420 g/mol. The number of hydrogen-bond donors (Lipinski definition) is 1. The SMILES string of the molecule is C=Cc1cc(C(C)(C)C)cc(F)c1C(=O)N(C)c1cccc(-n2cc(C(N)=O)cn2)c1. The number of nitrogens with two attached hydrogens (primary N) is 1. The van der Waals surface area contributed by atoms with Gasteiger partial charge in [0.25, 0.3) is 11.8 Å². The fourth-order valence-electron chi connectivity index (χ4n) is 3.17. The summed E-state index contributed by atoms with van der Waals surface area (Å²) in [6.07, 6.45) is 4.36. The molecule has 1 heterocycles. The molecule has 0 bridgehead atoms. The minimum Gasteiger partial charge on any atom is -0.366 e. The van der Waals surface area contributed by atoms with Gasteiger partial charge < -0.3 is 10.6 Å². The predicted molar refractivity (Wildman–Crippen MR) is 120 cm³/mol. The van der Waals surface area contributed by atoms with Crippen molar-refractivity contribution in [3.05, 3.63) is 83.4 Å². The van der Waals surface area contributed by atoms with Gasteiger partial charge in [-0.25, -0.2) is 9.07 Å². The van der Waals surface area contributed by atoms with Crippen molar-refractivity contribution in [1.29, 1.82) is 0 Å². The molecule has 2 amide bonds. The maximum atomic E-state index is 15.0. The van der Waals surface area contributed by atoms with Crippen molar-refractivity contribution in [1.82, 2.24) is 9.78 Å². The number of aromatic nitrogens is 2. The molecule has 0 atom stereocenters. The monoisotopic (exact) mass is 420 g/mol. The molecule has 0 unspecified atom stereocenters. The molecule has 0 radical (unpaired) electrons. The Balaban J connectivity index is 1.98. The summed E-state index contributed by atoms with van der Waals surface area (Å²) >= 11 is 0. The summed E-state index contributed by atoms with van der Waals surface area (Å²) < 4.78 is 16.5. The van der Waals surface area contributed by atoms with E-state index in [0.29, 0.717) is 16.9 Å². The maximum Gasteiger partial charge on any atom is 0.261 e. The number of amides is 2. The molecule has 160 valence electrons. The van der Waals surface area contributed by atoms with Crippen molar-refractivity contribution in [2.45, 2.75) is 26.2 Å². The maximum absolute atomic E-state index is 15.0. The zero-order valence-corrected chi connectivity index (χ0v) is 18.0. The Labute approximate surface area is 180 Å². The molecule has 7 heteroatoms. The Bertz CT molecular complexity index is 1170. The summed E-state index contributed by atoms with van der Waals surface area (Å²) in [5.74, 6) is -1.67. The molecular weight excluding hydrogens is 395 g/mol. The fourth-order valence-corrected chi connectivity index (χ4v) is 3.17. The van der Waals surface area contributed by atoms with Crippen molar-refractivity contribution in [2.75, 3.05) is 11.9 Å². The van der Waals surface area contributed by atoms with Crippen molar-refractivity contribution < 1.29 is 14.0 Å². The highest BCUT2D eigenvalue weighted by Crippen LogP contribution is 2.29. The molecule has 2 aromatic carbocycles. The third-order valence-corrected chi connectivity index (χ3v) is 5.07. The molecule has 0 saturated heterocycles. The number of rotatable bonds is 5. The van der Waals surface area contributed by atoms with Gasteiger partial charge in [0.2, 0.25) is 0 Å². The first kappa shape index (κ1) is 22.0. The van der Waals surface area contributed by atoms with E-state index in [1.165, 1.54) is 34.1 Å². The molecule has 0 saturated carbocycles. The molecular formula is C24H25FN4O2. The van der Waals surface area contributed by atoms with E-state index < -0.39 is 17.6 Å². The molecule has 0 aliphatic carbocycles. The van der Waals surface area contributed by atoms with Gasteiger partial charge in [0.15, 0.2) is 0 Å². The van der Waals surface area contributed by atoms with Crippen LogP contribution < -0.4 is 10.6 Å². The van der Waals surface area contributed by atoms with Gasteiger partial charge in [-0.3, -0.25) is 9.59 Å². The molecule has 0 aliphatic heterocycles. The highest BCUT2D eigenvalue weighted by Gasteiger charge is 2.24. The van der Waals surface area contributed by atoms with Crippen molar-refractivity contribution in [3.63, 3.8) is 0 Å². The summed E-state index contributed by atoms with van der Waals surface area (Å²) in [4.78, 5) is 25.9. The number of benzene rings is 2. The van der Waals surface area contributed by atoms with Crippen LogP contribution in [0.1, 0.15) is 52.6 Å². The number of carbonyl (C=O) groups excluding carboxylic acids is 2. The fraction of sp³-hybridized carbons (Fsp3) is 0.208. The molecule has 0 fully saturated rings. The Morgan fingerprint density at radius 1 is 1.23 bits per heavy atom. The third kappa shape index (κ3) is 4.40. The Kier molecular flexibility index (Phi) is 5.79. The normalized spacial score (nSPS) is 11.3. The van der Waals surface area contributed by atoms with E-state index in [2.05, 4.69) is 11.7 Å². The largest absolute Gasteiger partial charge is 0.366 e. The molecule has 1 aromatic heterocycles. The van der Waals surface area contributed by atoms with Gasteiger partial charge in [-0.1, -0.05) is 45.6 Å². The average Bonchev–Trinajstić information content (AvgIpc) is 3.22. The van der Waals surface area contributed by atoms with Crippen molar-refractivity contribution in [3.8, 4) is 5.69 Å². The van der Waals surface area contributed by atoms with E-state index in [9.17, 15) is 9.59 Å². The second-order valence-electron chi connectivity index (χ2n) is 8.30. The smallest absolute Gasteiger partial charge is 0.261 e. The zero-order chi connectivity index (χ0) is 22.9. The molecule has 6 nitrogen and oxygen atoms in total. The van der Waals surface area contributed by atoms with Gasteiger partial charge in [-0.05, 0) is 40.8 Å². The van der Waals surface area contributed by atoms with Gasteiger partial charge in [-0.2, -0.15) is 5.10 Å². The second-order valence-corrected chi connectivity index (χ2v) is 8.30. The van der Waals surface area contributed by atoms with Crippen LogP contribution in [0.3, 0.4) is 0 Å². The van der Waals surface area contributed by atoms with Gasteiger partial charge in [0.05, 0.1) is 23.0 Å². The molecule has 3 rings (SSSR count). The van der Waals surface area contributed by atoms with Crippen molar-refractivity contribution in [2.24, 2.45) is 5.73 Å². The summed E-state index contributed by atoms with van der Waals surface area (Å²) in [7, 11) is 1.57. The lowest BCUT2D eigenvalue weighted by Crippen LogP contribution is -2.28. The van der Waals surface area contributed by atoms with E-state index in [4.69, 9.17) is 5.73 Å². The van der Waals surface area contributed by atoms with E-state index in [1.807, 2.05) is 20.8 Å². The number of carbonyl (C=O) groups is 2. The van der Waals surface area contributed by atoms with Gasteiger partial charge in [0, 0.05) is 18.9 Å². The Morgan fingerprint density at radius 3 is 2.52 bits per heavy atom. The first-order chi connectivity index (χ1) is 14.5. The standard InChI is InChI=1S/C24H25FN4O2/c1-6-15-10-17(24(2,3)4)11-20(25)21(15)23(31)28(5)18-8-7-9-19(12-18)29-14-16(13-27-29)22(26)30/h6-14H,1H2,2-5H3,(H2,26,30).